The van der Waals surface area contributed by atoms with E-state index in [9.17, 15) is 9.18 Å². The zero-order valence-electron chi connectivity index (χ0n) is 13.0. The number of rotatable bonds is 3. The number of nitrogens with one attached hydrogen (secondary N) is 1. The number of halogens is 2. The van der Waals surface area contributed by atoms with Crippen LogP contribution in [0, 0.1) is 0 Å². The van der Waals surface area contributed by atoms with E-state index in [0.29, 0.717) is 10.7 Å². The molecule has 0 bridgehead atoms. The molecule has 1 N–H and O–H groups in total. The molecule has 0 amide bonds. The number of alkyl halides is 1. The Morgan fingerprint density at radius 1 is 1.04 bits per heavy atom. The molecule has 4 aromatic rings. The smallest absolute Gasteiger partial charge is 0.273 e. The van der Waals surface area contributed by atoms with E-state index in [0.717, 1.165) is 22.4 Å². The van der Waals surface area contributed by atoms with Gasteiger partial charge in [0.1, 0.15) is 6.67 Å². The first-order valence-electron chi connectivity index (χ1n) is 7.69. The van der Waals surface area contributed by atoms with Crippen LogP contribution in [0.1, 0.15) is 5.69 Å². The van der Waals surface area contributed by atoms with Crippen LogP contribution in [0.4, 0.5) is 4.39 Å². The van der Waals surface area contributed by atoms with Crippen molar-refractivity contribution in [3.05, 3.63) is 81.7 Å². The number of nitrogens with zero attached hydrogens (tertiary/aromatic N) is 2. The highest BCUT2D eigenvalue weighted by Gasteiger charge is 2.18. The van der Waals surface area contributed by atoms with E-state index in [1.165, 1.54) is 10.6 Å². The molecular weight excluding hydrogens is 341 g/mol. The van der Waals surface area contributed by atoms with Gasteiger partial charge >= 0.3 is 0 Å². The number of H-pyrrole nitrogens is 1. The van der Waals surface area contributed by atoms with Crippen LogP contribution in [-0.2, 0) is 6.67 Å². The zero-order chi connectivity index (χ0) is 17.4. The van der Waals surface area contributed by atoms with Crippen molar-refractivity contribution in [1.82, 2.24) is 14.6 Å². The first kappa shape index (κ1) is 15.6. The predicted octanol–water partition coefficient (Wildman–Crippen LogP) is 4.48. The Kier molecular flexibility index (Phi) is 3.86. The minimum atomic E-state index is -0.790. The van der Waals surface area contributed by atoms with Crippen molar-refractivity contribution in [3.8, 4) is 22.4 Å². The molecule has 0 saturated carbocycles. The van der Waals surface area contributed by atoms with Crippen LogP contribution in [0.2, 0.25) is 5.02 Å². The first-order chi connectivity index (χ1) is 12.2. The minimum absolute atomic E-state index is 0.115. The SMILES string of the molecule is O=c1cc(CF)nc2c(-c3ccccc3)c(-c3ccc(Cl)cc3)[nH]n12. The van der Waals surface area contributed by atoms with Gasteiger partial charge in [0.15, 0.2) is 5.65 Å². The molecule has 0 aliphatic heterocycles. The summed E-state index contributed by atoms with van der Waals surface area (Å²) in [5.74, 6) is 0. The van der Waals surface area contributed by atoms with E-state index in [1.54, 1.807) is 12.1 Å². The van der Waals surface area contributed by atoms with E-state index in [2.05, 4.69) is 10.1 Å². The summed E-state index contributed by atoms with van der Waals surface area (Å²) >= 11 is 5.98. The average molecular weight is 354 g/mol. The monoisotopic (exact) mass is 353 g/mol. The Labute approximate surface area is 147 Å². The maximum atomic E-state index is 13.1. The van der Waals surface area contributed by atoms with Crippen molar-refractivity contribution < 1.29 is 4.39 Å². The van der Waals surface area contributed by atoms with Gasteiger partial charge in [-0.1, -0.05) is 54.1 Å². The van der Waals surface area contributed by atoms with Crippen molar-refractivity contribution >= 4 is 17.2 Å². The van der Waals surface area contributed by atoms with Gasteiger partial charge in [0.2, 0.25) is 0 Å². The normalized spacial score (nSPS) is 11.1. The van der Waals surface area contributed by atoms with Gasteiger partial charge in [-0.15, -0.1) is 0 Å². The molecule has 124 valence electrons. The Morgan fingerprint density at radius 3 is 2.44 bits per heavy atom. The van der Waals surface area contributed by atoms with E-state index < -0.39 is 6.67 Å². The summed E-state index contributed by atoms with van der Waals surface area (Å²) in [7, 11) is 0. The van der Waals surface area contributed by atoms with Gasteiger partial charge in [0.05, 0.1) is 17.0 Å². The lowest BCUT2D eigenvalue weighted by atomic mass is 10.0. The van der Waals surface area contributed by atoms with E-state index in [1.807, 2.05) is 42.5 Å². The number of hydrogen-bond acceptors (Lipinski definition) is 2. The van der Waals surface area contributed by atoms with Crippen molar-refractivity contribution in [1.29, 1.82) is 0 Å². The fourth-order valence-electron chi connectivity index (χ4n) is 2.86. The van der Waals surface area contributed by atoms with Crippen molar-refractivity contribution in [2.24, 2.45) is 0 Å². The standard InChI is InChI=1S/C19H13ClFN3O/c20-14-8-6-13(7-9-14)18-17(12-4-2-1-3-5-12)19-22-15(11-21)10-16(25)24(19)23-18/h1-10,23H,11H2. The molecule has 0 radical (unpaired) electrons. The fraction of sp³-hybridized carbons (Fsp3) is 0.0526. The Hall–Kier alpha value is -2.92. The van der Waals surface area contributed by atoms with Gasteiger partial charge in [-0.05, 0) is 17.7 Å². The van der Waals surface area contributed by atoms with Crippen molar-refractivity contribution in [3.63, 3.8) is 0 Å². The largest absolute Gasteiger partial charge is 0.288 e. The maximum Gasteiger partial charge on any atom is 0.273 e. The third-order valence-electron chi connectivity index (χ3n) is 4.00. The second-order valence-electron chi connectivity index (χ2n) is 5.61. The summed E-state index contributed by atoms with van der Waals surface area (Å²) in [4.78, 5) is 16.7. The molecule has 0 spiro atoms. The van der Waals surface area contributed by atoms with E-state index in [-0.39, 0.29) is 11.3 Å². The van der Waals surface area contributed by atoms with E-state index >= 15 is 0 Å². The number of benzene rings is 2. The van der Waals surface area contributed by atoms with Crippen LogP contribution in [0.15, 0.2) is 65.5 Å². The molecule has 0 atom stereocenters. The lowest BCUT2D eigenvalue weighted by Crippen LogP contribution is -2.15. The van der Waals surface area contributed by atoms with Crippen molar-refractivity contribution in [2.45, 2.75) is 6.67 Å². The maximum absolute atomic E-state index is 13.1. The summed E-state index contributed by atoms with van der Waals surface area (Å²) in [5, 5.41) is 3.72. The van der Waals surface area contributed by atoms with Crippen LogP contribution in [-0.4, -0.2) is 14.6 Å². The van der Waals surface area contributed by atoms with Crippen LogP contribution >= 0.6 is 11.6 Å². The molecule has 0 fully saturated rings. The molecule has 2 aromatic carbocycles. The summed E-state index contributed by atoms with van der Waals surface area (Å²) in [6.07, 6.45) is 0. The number of hydrogen-bond donors (Lipinski definition) is 1. The highest BCUT2D eigenvalue weighted by Crippen LogP contribution is 2.34. The molecule has 0 aliphatic rings. The summed E-state index contributed by atoms with van der Waals surface area (Å²) in [6.45, 7) is -0.790. The van der Waals surface area contributed by atoms with Gasteiger partial charge in [-0.3, -0.25) is 9.89 Å². The quantitative estimate of drug-likeness (QED) is 0.590. The second kappa shape index (κ2) is 6.18. The molecule has 2 aromatic heterocycles. The Bertz CT molecular complexity index is 1100. The minimum Gasteiger partial charge on any atom is -0.288 e. The third kappa shape index (κ3) is 2.72. The van der Waals surface area contributed by atoms with Gasteiger partial charge in [-0.2, -0.15) is 0 Å². The van der Waals surface area contributed by atoms with Crippen LogP contribution in [0.5, 0.6) is 0 Å². The molecule has 6 heteroatoms. The highest BCUT2D eigenvalue weighted by molar-refractivity contribution is 6.30. The molecule has 4 nitrogen and oxygen atoms in total. The fourth-order valence-corrected chi connectivity index (χ4v) is 2.98. The van der Waals surface area contributed by atoms with Gasteiger partial charge in [0, 0.05) is 16.7 Å². The number of aromatic nitrogens is 3. The Morgan fingerprint density at radius 2 is 1.76 bits per heavy atom. The molecule has 25 heavy (non-hydrogen) atoms. The highest BCUT2D eigenvalue weighted by atomic mass is 35.5. The van der Waals surface area contributed by atoms with Crippen LogP contribution in [0.25, 0.3) is 28.0 Å². The van der Waals surface area contributed by atoms with E-state index in [4.69, 9.17) is 11.6 Å². The number of aromatic amines is 1. The average Bonchev–Trinajstić information content (AvgIpc) is 3.03. The molecule has 2 heterocycles. The van der Waals surface area contributed by atoms with Crippen molar-refractivity contribution in [2.75, 3.05) is 0 Å². The molecule has 0 saturated heterocycles. The summed E-state index contributed by atoms with van der Waals surface area (Å²) in [6, 6.07) is 18.1. The molecule has 0 unspecified atom stereocenters. The summed E-state index contributed by atoms with van der Waals surface area (Å²) < 4.78 is 14.4. The van der Waals surface area contributed by atoms with Crippen LogP contribution in [0.3, 0.4) is 0 Å². The van der Waals surface area contributed by atoms with Crippen LogP contribution < -0.4 is 5.56 Å². The molecule has 4 rings (SSSR count). The van der Waals surface area contributed by atoms with Gasteiger partial charge < -0.3 is 0 Å². The number of fused-ring (bicyclic) bond motifs is 1. The predicted molar refractivity (Wildman–Crippen MR) is 96.5 cm³/mol. The molecular formula is C19H13ClFN3O. The third-order valence-corrected chi connectivity index (χ3v) is 4.25. The second-order valence-corrected chi connectivity index (χ2v) is 6.05. The summed E-state index contributed by atoms with van der Waals surface area (Å²) in [5.41, 5.74) is 3.37. The van der Waals surface area contributed by atoms with Gasteiger partial charge in [0.25, 0.3) is 5.56 Å². The van der Waals surface area contributed by atoms with Gasteiger partial charge in [-0.25, -0.2) is 13.9 Å². The lowest BCUT2D eigenvalue weighted by molar-refractivity contribution is 0.475. The Balaban J connectivity index is 2.10. The first-order valence-corrected chi connectivity index (χ1v) is 8.07. The lowest BCUT2D eigenvalue weighted by Gasteiger charge is -2.04. The topological polar surface area (TPSA) is 50.2 Å². The zero-order valence-corrected chi connectivity index (χ0v) is 13.8. The molecule has 0 aliphatic carbocycles.